The van der Waals surface area contributed by atoms with Gasteiger partial charge in [-0.1, -0.05) is 0 Å². The molecule has 1 heterocycles. The number of rotatable bonds is 4. The maximum Gasteiger partial charge on any atom is 0.126 e. The van der Waals surface area contributed by atoms with Crippen molar-refractivity contribution in [2.45, 2.75) is 13.3 Å². The molecule has 0 amide bonds. The van der Waals surface area contributed by atoms with Gasteiger partial charge in [-0.05, 0) is 30.7 Å². The van der Waals surface area contributed by atoms with E-state index in [9.17, 15) is 4.79 Å². The highest BCUT2D eigenvalue weighted by Crippen LogP contribution is 2.27. The third-order valence-electron chi connectivity index (χ3n) is 2.50. The molecule has 0 aliphatic heterocycles. The highest BCUT2D eigenvalue weighted by molar-refractivity contribution is 7.10. The number of carbonyl (C=O) groups excluding carboxylic acids is 1. The van der Waals surface area contributed by atoms with Crippen LogP contribution in [0.25, 0.3) is 11.3 Å². The van der Waals surface area contributed by atoms with Gasteiger partial charge in [-0.25, -0.2) is 4.98 Å². The van der Waals surface area contributed by atoms with Crippen molar-refractivity contribution in [1.82, 2.24) is 4.98 Å². The molecule has 0 atom stereocenters. The summed E-state index contributed by atoms with van der Waals surface area (Å²) in [5.41, 5.74) is 3.05. The lowest BCUT2D eigenvalue weighted by atomic mass is 10.1. The smallest absolute Gasteiger partial charge is 0.126 e. The number of hydrogen-bond acceptors (Lipinski definition) is 4. The maximum atomic E-state index is 10.4. The molecule has 0 radical (unpaired) electrons. The lowest BCUT2D eigenvalue weighted by molar-refractivity contribution is -0.107. The van der Waals surface area contributed by atoms with Crippen LogP contribution in [-0.2, 0) is 11.2 Å². The van der Waals surface area contributed by atoms with Crippen molar-refractivity contribution in [3.8, 4) is 17.0 Å². The molecule has 2 rings (SSSR count). The van der Waals surface area contributed by atoms with Crippen LogP contribution in [0, 0.1) is 6.92 Å². The summed E-state index contributed by atoms with van der Waals surface area (Å²) in [4.78, 5) is 14.8. The highest BCUT2D eigenvalue weighted by Gasteiger charge is 2.06. The lowest BCUT2D eigenvalue weighted by Crippen LogP contribution is -1.88. The zero-order valence-corrected chi connectivity index (χ0v) is 10.6. The zero-order valence-electron chi connectivity index (χ0n) is 9.77. The Bertz CT molecular complexity index is 534. The first-order chi connectivity index (χ1) is 8.24. The molecule has 0 N–H and O–H groups in total. The van der Waals surface area contributed by atoms with Gasteiger partial charge in [0.15, 0.2) is 0 Å². The first-order valence-corrected chi connectivity index (χ1v) is 6.15. The van der Waals surface area contributed by atoms with E-state index in [0.717, 1.165) is 33.9 Å². The Hall–Kier alpha value is -1.68. The van der Waals surface area contributed by atoms with E-state index in [1.165, 1.54) is 11.3 Å². The van der Waals surface area contributed by atoms with Crippen molar-refractivity contribution in [2.75, 3.05) is 7.11 Å². The molecular formula is C13H13NO2S. The Morgan fingerprint density at radius 3 is 2.94 bits per heavy atom. The molecule has 4 heteroatoms. The van der Waals surface area contributed by atoms with Crippen LogP contribution < -0.4 is 4.74 Å². The van der Waals surface area contributed by atoms with Gasteiger partial charge < -0.3 is 9.53 Å². The topological polar surface area (TPSA) is 39.2 Å². The van der Waals surface area contributed by atoms with Gasteiger partial charge >= 0.3 is 0 Å². The molecule has 0 unspecified atom stereocenters. The number of nitrogens with zero attached hydrogens (tertiary/aromatic N) is 1. The highest BCUT2D eigenvalue weighted by atomic mass is 32.1. The number of aromatic nitrogens is 1. The molecule has 0 saturated carbocycles. The van der Waals surface area contributed by atoms with E-state index in [2.05, 4.69) is 4.98 Å². The largest absolute Gasteiger partial charge is 0.496 e. The van der Waals surface area contributed by atoms with Crippen molar-refractivity contribution < 1.29 is 9.53 Å². The van der Waals surface area contributed by atoms with E-state index in [-0.39, 0.29) is 0 Å². The fourth-order valence-corrected chi connectivity index (χ4v) is 2.40. The number of ether oxygens (including phenoxy) is 1. The molecule has 0 aliphatic carbocycles. The Morgan fingerprint density at radius 1 is 1.47 bits per heavy atom. The average molecular weight is 247 g/mol. The lowest BCUT2D eigenvalue weighted by Gasteiger charge is -2.05. The number of methoxy groups -OCH3 is 1. The standard InChI is InChI=1S/C13H13NO2S/c1-9-7-10(3-4-12(9)16-2)11-8-17-13(14-11)5-6-15/h3-4,6-8H,5H2,1-2H3. The summed E-state index contributed by atoms with van der Waals surface area (Å²) in [5, 5.41) is 2.82. The Labute approximate surface area is 104 Å². The van der Waals surface area contributed by atoms with Gasteiger partial charge in [-0.2, -0.15) is 0 Å². The molecule has 88 valence electrons. The zero-order chi connectivity index (χ0) is 12.3. The van der Waals surface area contributed by atoms with E-state index < -0.39 is 0 Å². The van der Waals surface area contributed by atoms with Crippen LogP contribution in [-0.4, -0.2) is 18.4 Å². The number of benzene rings is 1. The van der Waals surface area contributed by atoms with Crippen molar-refractivity contribution in [3.05, 3.63) is 34.2 Å². The Kier molecular flexibility index (Phi) is 3.54. The van der Waals surface area contributed by atoms with Crippen LogP contribution in [0.5, 0.6) is 5.75 Å². The molecule has 1 aromatic carbocycles. The minimum absolute atomic E-state index is 0.389. The van der Waals surface area contributed by atoms with E-state index in [0.29, 0.717) is 6.42 Å². The Morgan fingerprint density at radius 2 is 2.29 bits per heavy atom. The van der Waals surface area contributed by atoms with Crippen LogP contribution >= 0.6 is 11.3 Å². The second-order valence-corrected chi connectivity index (χ2v) is 4.62. The summed E-state index contributed by atoms with van der Waals surface area (Å²) in [5.74, 6) is 0.872. The minimum atomic E-state index is 0.389. The van der Waals surface area contributed by atoms with Crippen LogP contribution in [0.4, 0.5) is 0 Å². The molecule has 1 aromatic heterocycles. The van der Waals surface area contributed by atoms with E-state index in [4.69, 9.17) is 4.74 Å². The summed E-state index contributed by atoms with van der Waals surface area (Å²) in [6, 6.07) is 5.95. The molecule has 0 bridgehead atoms. The number of aldehydes is 1. The predicted octanol–water partition coefficient (Wildman–Crippen LogP) is 2.87. The SMILES string of the molecule is COc1ccc(-c2csc(CC=O)n2)cc1C. The second kappa shape index (κ2) is 5.10. The molecule has 0 spiro atoms. The molecular weight excluding hydrogens is 234 g/mol. The van der Waals surface area contributed by atoms with Crippen LogP contribution in [0.15, 0.2) is 23.6 Å². The van der Waals surface area contributed by atoms with Gasteiger partial charge in [-0.15, -0.1) is 11.3 Å². The van der Waals surface area contributed by atoms with Gasteiger partial charge in [0.05, 0.1) is 19.2 Å². The van der Waals surface area contributed by atoms with Gasteiger partial charge in [-0.3, -0.25) is 0 Å². The van der Waals surface area contributed by atoms with Gasteiger partial charge in [0.1, 0.15) is 17.0 Å². The normalized spacial score (nSPS) is 10.2. The minimum Gasteiger partial charge on any atom is -0.496 e. The van der Waals surface area contributed by atoms with Crippen molar-refractivity contribution in [3.63, 3.8) is 0 Å². The third-order valence-corrected chi connectivity index (χ3v) is 3.37. The second-order valence-electron chi connectivity index (χ2n) is 3.68. The molecule has 3 nitrogen and oxygen atoms in total. The van der Waals surface area contributed by atoms with Crippen molar-refractivity contribution in [1.29, 1.82) is 0 Å². The van der Waals surface area contributed by atoms with Crippen LogP contribution in [0.3, 0.4) is 0 Å². The van der Waals surface area contributed by atoms with Crippen LogP contribution in [0.1, 0.15) is 10.6 Å². The monoisotopic (exact) mass is 247 g/mol. The number of hydrogen-bond donors (Lipinski definition) is 0. The summed E-state index contributed by atoms with van der Waals surface area (Å²) < 4.78 is 5.22. The predicted molar refractivity (Wildman–Crippen MR) is 68.6 cm³/mol. The molecule has 0 fully saturated rings. The first kappa shape index (κ1) is 11.8. The fraction of sp³-hybridized carbons (Fsp3) is 0.231. The molecule has 0 saturated heterocycles. The van der Waals surface area contributed by atoms with E-state index >= 15 is 0 Å². The fourth-order valence-electron chi connectivity index (χ4n) is 1.65. The summed E-state index contributed by atoms with van der Waals surface area (Å²) in [6.45, 7) is 2.00. The average Bonchev–Trinajstić information content (AvgIpc) is 2.78. The molecule has 0 aliphatic rings. The van der Waals surface area contributed by atoms with Crippen molar-refractivity contribution in [2.24, 2.45) is 0 Å². The molecule has 2 aromatic rings. The van der Waals surface area contributed by atoms with Gasteiger partial charge in [0, 0.05) is 10.9 Å². The third kappa shape index (κ3) is 2.53. The maximum absolute atomic E-state index is 10.4. The summed E-state index contributed by atoms with van der Waals surface area (Å²) in [6.07, 6.45) is 1.27. The summed E-state index contributed by atoms with van der Waals surface area (Å²) >= 11 is 1.51. The van der Waals surface area contributed by atoms with E-state index in [1.807, 2.05) is 30.5 Å². The Balaban J connectivity index is 2.32. The quantitative estimate of drug-likeness (QED) is 0.780. The number of thiazole rings is 1. The van der Waals surface area contributed by atoms with E-state index in [1.54, 1.807) is 7.11 Å². The van der Waals surface area contributed by atoms with Crippen LogP contribution in [0.2, 0.25) is 0 Å². The number of aryl methyl sites for hydroxylation is 1. The molecule has 17 heavy (non-hydrogen) atoms. The number of carbonyl (C=O) groups is 1. The van der Waals surface area contributed by atoms with Gasteiger partial charge in [0.25, 0.3) is 0 Å². The van der Waals surface area contributed by atoms with Crippen molar-refractivity contribution >= 4 is 17.6 Å². The summed E-state index contributed by atoms with van der Waals surface area (Å²) in [7, 11) is 1.66. The van der Waals surface area contributed by atoms with Gasteiger partial charge in [0.2, 0.25) is 0 Å². The first-order valence-electron chi connectivity index (χ1n) is 5.27.